The van der Waals surface area contributed by atoms with Crippen LogP contribution in [0.4, 0.5) is 14.7 Å². The minimum absolute atomic E-state index is 0.00259. The van der Waals surface area contributed by atoms with Crippen molar-refractivity contribution in [2.24, 2.45) is 5.92 Å². The summed E-state index contributed by atoms with van der Waals surface area (Å²) in [6.45, 7) is 1.52. The van der Waals surface area contributed by atoms with Gasteiger partial charge in [0, 0.05) is 43.4 Å². The van der Waals surface area contributed by atoms with Gasteiger partial charge >= 0.3 is 0 Å². The van der Waals surface area contributed by atoms with Crippen molar-refractivity contribution in [1.82, 2.24) is 15.3 Å². The third kappa shape index (κ3) is 4.69. The van der Waals surface area contributed by atoms with Gasteiger partial charge < -0.3 is 15.0 Å². The fraction of sp³-hybridized carbons (Fsp3) is 0.421. The molecule has 8 heteroatoms. The summed E-state index contributed by atoms with van der Waals surface area (Å²) in [4.78, 5) is 22.9. The lowest BCUT2D eigenvalue weighted by Gasteiger charge is -2.31. The second-order valence-electron chi connectivity index (χ2n) is 6.40. The first kappa shape index (κ1) is 19.0. The van der Waals surface area contributed by atoms with Gasteiger partial charge in [-0.3, -0.25) is 4.79 Å². The molecule has 1 fully saturated rings. The number of benzene rings is 1. The average molecular weight is 376 g/mol. The predicted molar refractivity (Wildman–Crippen MR) is 96.6 cm³/mol. The Morgan fingerprint density at radius 1 is 1.26 bits per heavy atom. The molecule has 1 N–H and O–H groups in total. The van der Waals surface area contributed by atoms with Crippen LogP contribution in [0.3, 0.4) is 0 Å². The van der Waals surface area contributed by atoms with Crippen LogP contribution in [-0.4, -0.2) is 42.6 Å². The summed E-state index contributed by atoms with van der Waals surface area (Å²) in [6, 6.07) is 5.45. The number of hydrogen-bond donors (Lipinski definition) is 1. The normalized spacial score (nSPS) is 14.9. The molecule has 0 saturated carbocycles. The third-order valence-corrected chi connectivity index (χ3v) is 4.71. The van der Waals surface area contributed by atoms with Gasteiger partial charge in [-0.2, -0.15) is 4.98 Å². The van der Waals surface area contributed by atoms with E-state index in [-0.39, 0.29) is 30.4 Å². The third-order valence-electron chi connectivity index (χ3n) is 4.71. The van der Waals surface area contributed by atoms with Crippen molar-refractivity contribution in [3.05, 3.63) is 47.7 Å². The molecule has 1 aromatic heterocycles. The first-order chi connectivity index (χ1) is 13.1. The Hall–Kier alpha value is -2.77. The molecule has 1 aromatic carbocycles. The van der Waals surface area contributed by atoms with Gasteiger partial charge in [0.1, 0.15) is 11.6 Å². The fourth-order valence-corrected chi connectivity index (χ4v) is 3.17. The summed E-state index contributed by atoms with van der Waals surface area (Å²) in [5.41, 5.74) is 0.00259. The van der Waals surface area contributed by atoms with Gasteiger partial charge in [-0.25, -0.2) is 13.8 Å². The van der Waals surface area contributed by atoms with E-state index in [1.165, 1.54) is 18.2 Å². The number of methoxy groups -OCH3 is 1. The zero-order chi connectivity index (χ0) is 19.2. The van der Waals surface area contributed by atoms with E-state index in [9.17, 15) is 13.6 Å². The van der Waals surface area contributed by atoms with Crippen molar-refractivity contribution in [1.29, 1.82) is 0 Å². The first-order valence-corrected chi connectivity index (χ1v) is 8.91. The highest BCUT2D eigenvalue weighted by Gasteiger charge is 2.26. The maximum absolute atomic E-state index is 13.6. The number of amides is 1. The molecule has 0 spiro atoms. The van der Waals surface area contributed by atoms with Crippen molar-refractivity contribution >= 4 is 11.9 Å². The highest BCUT2D eigenvalue weighted by Crippen LogP contribution is 2.22. The van der Waals surface area contributed by atoms with E-state index in [0.29, 0.717) is 37.8 Å². The standard InChI is InChI=1S/C19H22F2N4O2/c1-27-17-6-10-23-19(24-17)25-11-7-13(8-12-25)18(26)22-9-5-14-15(20)3-2-4-16(14)21/h2-4,6,10,13H,5,7-9,11-12H2,1H3,(H,22,26). The number of halogens is 2. The minimum atomic E-state index is -0.587. The number of carbonyl (C=O) groups excluding carboxylic acids is 1. The number of carbonyl (C=O) groups is 1. The molecular weight excluding hydrogens is 354 g/mol. The van der Waals surface area contributed by atoms with Crippen molar-refractivity contribution in [3.8, 4) is 5.88 Å². The lowest BCUT2D eigenvalue weighted by atomic mass is 9.96. The summed E-state index contributed by atoms with van der Waals surface area (Å²) in [5.74, 6) is -0.301. The highest BCUT2D eigenvalue weighted by molar-refractivity contribution is 5.78. The monoisotopic (exact) mass is 376 g/mol. The van der Waals surface area contributed by atoms with Crippen molar-refractivity contribution in [3.63, 3.8) is 0 Å². The highest BCUT2D eigenvalue weighted by atomic mass is 19.1. The first-order valence-electron chi connectivity index (χ1n) is 8.91. The molecular formula is C19H22F2N4O2. The van der Waals surface area contributed by atoms with Gasteiger partial charge in [0.25, 0.3) is 0 Å². The second-order valence-corrected chi connectivity index (χ2v) is 6.40. The number of ether oxygens (including phenoxy) is 1. The number of nitrogens with zero attached hydrogens (tertiary/aromatic N) is 3. The molecule has 0 aliphatic carbocycles. The molecule has 1 aliphatic rings. The minimum Gasteiger partial charge on any atom is -0.481 e. The van der Waals surface area contributed by atoms with E-state index in [1.54, 1.807) is 19.4 Å². The Bertz CT molecular complexity index is 775. The lowest BCUT2D eigenvalue weighted by Crippen LogP contribution is -2.41. The Balaban J connectivity index is 1.47. The number of nitrogens with one attached hydrogen (secondary N) is 1. The smallest absolute Gasteiger partial charge is 0.228 e. The van der Waals surface area contributed by atoms with Gasteiger partial charge in [-0.15, -0.1) is 0 Å². The van der Waals surface area contributed by atoms with Gasteiger partial charge in [0.15, 0.2) is 0 Å². The maximum Gasteiger partial charge on any atom is 0.228 e. The summed E-state index contributed by atoms with van der Waals surface area (Å²) < 4.78 is 32.3. The van der Waals surface area contributed by atoms with Gasteiger partial charge in [-0.05, 0) is 31.4 Å². The summed E-state index contributed by atoms with van der Waals surface area (Å²) in [6.07, 6.45) is 3.10. The van der Waals surface area contributed by atoms with Crippen molar-refractivity contribution in [2.45, 2.75) is 19.3 Å². The van der Waals surface area contributed by atoms with Gasteiger partial charge in [-0.1, -0.05) is 6.07 Å². The maximum atomic E-state index is 13.6. The van der Waals surface area contributed by atoms with E-state index in [1.807, 2.05) is 4.90 Å². The number of hydrogen-bond acceptors (Lipinski definition) is 5. The van der Waals surface area contributed by atoms with E-state index >= 15 is 0 Å². The summed E-state index contributed by atoms with van der Waals surface area (Å²) in [5, 5.41) is 2.79. The van der Waals surface area contributed by atoms with E-state index < -0.39 is 11.6 Å². The Morgan fingerprint density at radius 3 is 2.63 bits per heavy atom. The largest absolute Gasteiger partial charge is 0.481 e. The van der Waals surface area contributed by atoms with Gasteiger partial charge in [0.05, 0.1) is 7.11 Å². The molecule has 1 saturated heterocycles. The molecule has 1 amide bonds. The molecule has 1 aliphatic heterocycles. The second kappa shape index (κ2) is 8.75. The molecule has 0 atom stereocenters. The van der Waals surface area contributed by atoms with Crippen LogP contribution >= 0.6 is 0 Å². The fourth-order valence-electron chi connectivity index (χ4n) is 3.17. The van der Waals surface area contributed by atoms with Crippen LogP contribution in [0.2, 0.25) is 0 Å². The SMILES string of the molecule is COc1ccnc(N2CCC(C(=O)NCCc3c(F)cccc3F)CC2)n1. The Morgan fingerprint density at radius 2 is 1.96 bits per heavy atom. The molecule has 27 heavy (non-hydrogen) atoms. The van der Waals surface area contributed by atoms with Crippen molar-refractivity contribution in [2.75, 3.05) is 31.6 Å². The van der Waals surface area contributed by atoms with E-state index in [2.05, 4.69) is 15.3 Å². The molecule has 0 unspecified atom stereocenters. The van der Waals surface area contributed by atoms with Crippen LogP contribution in [0.1, 0.15) is 18.4 Å². The van der Waals surface area contributed by atoms with Crippen LogP contribution < -0.4 is 15.0 Å². The Kier molecular flexibility index (Phi) is 6.16. The predicted octanol–water partition coefficient (Wildman–Crippen LogP) is 2.34. The van der Waals surface area contributed by atoms with Crippen LogP contribution in [-0.2, 0) is 11.2 Å². The summed E-state index contributed by atoms with van der Waals surface area (Å²) >= 11 is 0. The average Bonchev–Trinajstić information content (AvgIpc) is 2.70. The molecule has 0 bridgehead atoms. The van der Waals surface area contributed by atoms with E-state index in [0.717, 1.165) is 0 Å². The summed E-state index contributed by atoms with van der Waals surface area (Å²) in [7, 11) is 1.55. The molecule has 2 heterocycles. The quantitative estimate of drug-likeness (QED) is 0.838. The molecule has 144 valence electrons. The van der Waals surface area contributed by atoms with Crippen molar-refractivity contribution < 1.29 is 18.3 Å². The van der Waals surface area contributed by atoms with Crippen LogP contribution in [0.15, 0.2) is 30.5 Å². The number of piperidine rings is 1. The number of aromatic nitrogens is 2. The van der Waals surface area contributed by atoms with Crippen LogP contribution in [0.5, 0.6) is 5.88 Å². The molecule has 6 nitrogen and oxygen atoms in total. The zero-order valence-corrected chi connectivity index (χ0v) is 15.1. The van der Waals surface area contributed by atoms with E-state index in [4.69, 9.17) is 4.74 Å². The molecule has 3 rings (SSSR count). The lowest BCUT2D eigenvalue weighted by molar-refractivity contribution is -0.125. The number of rotatable bonds is 6. The van der Waals surface area contributed by atoms with Crippen LogP contribution in [0.25, 0.3) is 0 Å². The zero-order valence-electron chi connectivity index (χ0n) is 15.1. The molecule has 0 radical (unpaired) electrons. The van der Waals surface area contributed by atoms with Gasteiger partial charge in [0.2, 0.25) is 17.7 Å². The molecule has 2 aromatic rings. The number of anilines is 1. The van der Waals surface area contributed by atoms with Crippen LogP contribution in [0, 0.1) is 17.6 Å². The Labute approximate surface area is 156 Å². The topological polar surface area (TPSA) is 67.3 Å².